The molecule has 0 radical (unpaired) electrons. The maximum atomic E-state index is 12.0. The quantitative estimate of drug-likeness (QED) is 0.524. The summed E-state index contributed by atoms with van der Waals surface area (Å²) in [5.41, 5.74) is 0.278. The monoisotopic (exact) mass is 294 g/mol. The average molecular weight is 294 g/mol. The Morgan fingerprint density at radius 2 is 1.86 bits per heavy atom. The molecular formula is C15H22N2O4. The summed E-state index contributed by atoms with van der Waals surface area (Å²) in [5.74, 6) is -0.217. The van der Waals surface area contributed by atoms with E-state index in [1.165, 1.54) is 12.1 Å². The number of hydrogen-bond donors (Lipinski definition) is 1. The van der Waals surface area contributed by atoms with Crippen molar-refractivity contribution in [2.24, 2.45) is 0 Å². The van der Waals surface area contributed by atoms with Crippen LogP contribution in [0.2, 0.25) is 0 Å². The molecule has 0 spiro atoms. The van der Waals surface area contributed by atoms with E-state index in [1.807, 2.05) is 14.1 Å². The van der Waals surface area contributed by atoms with Crippen LogP contribution >= 0.6 is 0 Å². The largest absolute Gasteiger partial charge is 0.465 e. The highest BCUT2D eigenvalue weighted by molar-refractivity contribution is 5.84. The van der Waals surface area contributed by atoms with E-state index in [2.05, 4.69) is 5.32 Å². The maximum absolute atomic E-state index is 12.0. The van der Waals surface area contributed by atoms with Gasteiger partial charge in [0.15, 0.2) is 0 Å². The molecule has 1 aromatic carbocycles. The Morgan fingerprint density at radius 1 is 1.33 bits per heavy atom. The lowest BCUT2D eigenvalue weighted by molar-refractivity contribution is -0.384. The number of nitrogens with zero attached hydrogens (tertiary/aromatic N) is 1. The van der Waals surface area contributed by atoms with Gasteiger partial charge >= 0.3 is 5.97 Å². The number of ether oxygens (including phenoxy) is 1. The van der Waals surface area contributed by atoms with Gasteiger partial charge in [-0.2, -0.15) is 0 Å². The zero-order valence-electron chi connectivity index (χ0n) is 12.7. The van der Waals surface area contributed by atoms with Gasteiger partial charge in [-0.1, -0.05) is 18.6 Å². The van der Waals surface area contributed by atoms with Crippen molar-refractivity contribution in [1.82, 2.24) is 5.32 Å². The third-order valence-electron chi connectivity index (χ3n) is 3.50. The van der Waals surface area contributed by atoms with Crippen molar-refractivity contribution in [3.05, 3.63) is 39.9 Å². The van der Waals surface area contributed by atoms with Crippen molar-refractivity contribution >= 4 is 11.7 Å². The van der Waals surface area contributed by atoms with E-state index < -0.39 is 10.3 Å². The van der Waals surface area contributed by atoms with E-state index >= 15 is 0 Å². The van der Waals surface area contributed by atoms with Gasteiger partial charge in [0.2, 0.25) is 0 Å². The number of rotatable bonds is 4. The normalized spacial score (nSPS) is 15.2. The Labute approximate surface area is 124 Å². The molecule has 6 heteroatoms. The van der Waals surface area contributed by atoms with Crippen LogP contribution in [0.4, 0.5) is 5.69 Å². The van der Waals surface area contributed by atoms with E-state index in [9.17, 15) is 14.9 Å². The minimum Gasteiger partial charge on any atom is -0.465 e. The van der Waals surface area contributed by atoms with E-state index in [0.29, 0.717) is 6.61 Å². The van der Waals surface area contributed by atoms with Gasteiger partial charge in [-0.15, -0.1) is 0 Å². The molecule has 1 aliphatic rings. The number of carbonyl (C=O) groups excluding carboxylic acids is 1. The van der Waals surface area contributed by atoms with Crippen LogP contribution in [0.3, 0.4) is 0 Å². The summed E-state index contributed by atoms with van der Waals surface area (Å²) in [4.78, 5) is 22.2. The summed E-state index contributed by atoms with van der Waals surface area (Å²) in [7, 11) is 3.75. The minimum absolute atomic E-state index is 0.0390. The van der Waals surface area contributed by atoms with Crippen molar-refractivity contribution < 1.29 is 14.5 Å². The van der Waals surface area contributed by atoms with Gasteiger partial charge in [0, 0.05) is 12.1 Å². The molecule has 0 heterocycles. The van der Waals surface area contributed by atoms with Gasteiger partial charge < -0.3 is 10.1 Å². The molecule has 6 nitrogen and oxygen atoms in total. The summed E-state index contributed by atoms with van der Waals surface area (Å²) in [5, 5.41) is 13.3. The van der Waals surface area contributed by atoms with Crippen LogP contribution in [0.1, 0.15) is 31.7 Å². The van der Waals surface area contributed by atoms with Crippen molar-refractivity contribution in [3.63, 3.8) is 0 Å². The lowest BCUT2D eigenvalue weighted by atomic mass is 9.64. The topological polar surface area (TPSA) is 81.5 Å². The fourth-order valence-corrected chi connectivity index (χ4v) is 2.31. The van der Waals surface area contributed by atoms with Crippen LogP contribution in [0.5, 0.6) is 0 Å². The molecule has 1 saturated carbocycles. The fraction of sp³-hybridized carbons (Fsp3) is 0.533. The highest BCUT2D eigenvalue weighted by Crippen LogP contribution is 2.45. The van der Waals surface area contributed by atoms with Gasteiger partial charge in [-0.05, 0) is 39.4 Å². The molecule has 1 N–H and O–H groups in total. The highest BCUT2D eigenvalue weighted by atomic mass is 16.6. The zero-order valence-corrected chi connectivity index (χ0v) is 12.7. The van der Waals surface area contributed by atoms with Crippen molar-refractivity contribution in [1.29, 1.82) is 0 Å². The molecule has 1 aliphatic carbocycles. The van der Waals surface area contributed by atoms with Crippen LogP contribution in [0.15, 0.2) is 24.3 Å². The molecule has 0 unspecified atom stereocenters. The third kappa shape index (κ3) is 3.78. The Hall–Kier alpha value is -1.95. The molecule has 2 rings (SSSR count). The lowest BCUT2D eigenvalue weighted by Gasteiger charge is -2.39. The fourth-order valence-electron chi connectivity index (χ4n) is 2.31. The zero-order chi connectivity index (χ0) is 15.9. The molecule has 0 bridgehead atoms. The summed E-state index contributed by atoms with van der Waals surface area (Å²) in [6, 6.07) is 6.20. The van der Waals surface area contributed by atoms with Crippen molar-refractivity contribution in [2.75, 3.05) is 20.7 Å². The molecule has 0 saturated heterocycles. The summed E-state index contributed by atoms with van der Waals surface area (Å²) in [6.07, 6.45) is 2.49. The molecule has 0 aromatic heterocycles. The first-order chi connectivity index (χ1) is 10.0. The molecule has 1 aromatic rings. The predicted octanol–water partition coefficient (Wildman–Crippen LogP) is 2.42. The van der Waals surface area contributed by atoms with Crippen LogP contribution < -0.4 is 5.32 Å². The standard InChI is InChI=1S/C13H15NO4.C2H7N/c1-2-18-12(15)13(8-3-9-13)10-4-6-11(7-5-10)14(16)17;1-3-2/h4-7H,2-3,8-9H2,1H3;3H,1-2H3. The number of carbonyl (C=O) groups is 1. The number of nitro groups is 1. The molecule has 0 aliphatic heterocycles. The summed E-state index contributed by atoms with van der Waals surface area (Å²) in [6.45, 7) is 2.13. The maximum Gasteiger partial charge on any atom is 0.316 e. The van der Waals surface area contributed by atoms with Crippen LogP contribution in [0.25, 0.3) is 0 Å². The molecule has 1 fully saturated rings. The Kier molecular flexibility index (Phi) is 6.30. The van der Waals surface area contributed by atoms with Crippen LogP contribution in [-0.2, 0) is 14.9 Å². The second-order valence-electron chi connectivity index (χ2n) is 4.96. The second kappa shape index (κ2) is 7.73. The average Bonchev–Trinajstić information content (AvgIpc) is 2.39. The van der Waals surface area contributed by atoms with Gasteiger partial charge in [-0.25, -0.2) is 0 Å². The smallest absolute Gasteiger partial charge is 0.316 e. The highest BCUT2D eigenvalue weighted by Gasteiger charge is 2.47. The number of non-ortho nitro benzene ring substituents is 1. The molecule has 0 amide bonds. The number of benzene rings is 1. The Balaban J connectivity index is 0.000000677. The van der Waals surface area contributed by atoms with Crippen molar-refractivity contribution in [3.8, 4) is 0 Å². The number of esters is 1. The number of hydrogen-bond acceptors (Lipinski definition) is 5. The third-order valence-corrected chi connectivity index (χ3v) is 3.50. The molecular weight excluding hydrogens is 272 g/mol. The van der Waals surface area contributed by atoms with E-state index in [4.69, 9.17) is 4.74 Å². The Morgan fingerprint density at radius 3 is 2.19 bits per heavy atom. The van der Waals surface area contributed by atoms with Crippen LogP contribution in [-0.4, -0.2) is 31.6 Å². The van der Waals surface area contributed by atoms with Crippen molar-refractivity contribution in [2.45, 2.75) is 31.6 Å². The van der Waals surface area contributed by atoms with E-state index in [1.54, 1.807) is 19.1 Å². The van der Waals surface area contributed by atoms with E-state index in [0.717, 1.165) is 24.8 Å². The summed E-state index contributed by atoms with van der Waals surface area (Å²) < 4.78 is 5.11. The summed E-state index contributed by atoms with van der Waals surface area (Å²) >= 11 is 0. The molecule has 0 atom stereocenters. The first-order valence-corrected chi connectivity index (χ1v) is 7.02. The first kappa shape index (κ1) is 17.1. The lowest BCUT2D eigenvalue weighted by Crippen LogP contribution is -2.43. The van der Waals surface area contributed by atoms with Gasteiger partial charge in [0.1, 0.15) is 0 Å². The minimum atomic E-state index is -0.578. The van der Waals surface area contributed by atoms with Gasteiger partial charge in [0.25, 0.3) is 5.69 Å². The van der Waals surface area contributed by atoms with Gasteiger partial charge in [0.05, 0.1) is 16.9 Å². The van der Waals surface area contributed by atoms with Crippen LogP contribution in [0, 0.1) is 10.1 Å². The SMILES string of the molecule is CCOC(=O)C1(c2ccc([N+](=O)[O-])cc2)CCC1.CNC. The predicted molar refractivity (Wildman–Crippen MR) is 80.2 cm³/mol. The second-order valence-corrected chi connectivity index (χ2v) is 4.96. The van der Waals surface area contributed by atoms with E-state index in [-0.39, 0.29) is 11.7 Å². The first-order valence-electron chi connectivity index (χ1n) is 7.02. The Bertz CT molecular complexity index is 481. The molecule has 116 valence electrons. The molecule has 21 heavy (non-hydrogen) atoms. The number of nitro benzene ring substituents is 1. The van der Waals surface area contributed by atoms with Gasteiger partial charge in [-0.3, -0.25) is 14.9 Å². The number of nitrogens with one attached hydrogen (secondary N) is 1.